The molecule has 5 heteroatoms. The van der Waals surface area contributed by atoms with Crippen LogP contribution in [0.15, 0.2) is 97.3 Å². The van der Waals surface area contributed by atoms with E-state index in [1.165, 1.54) is 5.56 Å². The monoisotopic (exact) mass is 423 g/mol. The van der Waals surface area contributed by atoms with Gasteiger partial charge in [-0.1, -0.05) is 54.6 Å². The smallest absolute Gasteiger partial charge is 0.255 e. The summed E-state index contributed by atoms with van der Waals surface area (Å²) in [5, 5.41) is 16.4. The van der Waals surface area contributed by atoms with E-state index < -0.39 is 0 Å². The second-order valence-electron chi connectivity index (χ2n) is 7.54. The van der Waals surface area contributed by atoms with Gasteiger partial charge in [-0.15, -0.1) is 0 Å². The van der Waals surface area contributed by atoms with Crippen LogP contribution in [-0.2, 0) is 13.0 Å². The van der Waals surface area contributed by atoms with E-state index in [0.717, 1.165) is 36.2 Å². The molecule has 1 heterocycles. The fraction of sp³-hybridized carbons (Fsp3) is 0.111. The zero-order valence-electron chi connectivity index (χ0n) is 17.7. The third-order valence-electron chi connectivity index (χ3n) is 5.21. The summed E-state index contributed by atoms with van der Waals surface area (Å²) in [5.41, 5.74) is 5.16. The van der Waals surface area contributed by atoms with Gasteiger partial charge in [-0.25, -0.2) is 0 Å². The molecule has 4 rings (SSSR count). The molecule has 0 fully saturated rings. The molecule has 0 bridgehead atoms. The number of phenolic OH excluding ortho intramolecular Hbond substituents is 1. The average molecular weight is 424 g/mol. The van der Waals surface area contributed by atoms with Crippen LogP contribution in [0.2, 0.25) is 0 Å². The van der Waals surface area contributed by atoms with Gasteiger partial charge in [0, 0.05) is 24.5 Å². The van der Waals surface area contributed by atoms with Gasteiger partial charge in [0.1, 0.15) is 5.75 Å². The first-order valence-corrected chi connectivity index (χ1v) is 10.6. The lowest BCUT2D eigenvalue weighted by molar-refractivity contribution is 0.102. The maximum Gasteiger partial charge on any atom is 0.255 e. The molecule has 0 atom stereocenters. The average Bonchev–Trinajstić information content (AvgIpc) is 2.85. The van der Waals surface area contributed by atoms with Gasteiger partial charge in [-0.3, -0.25) is 9.78 Å². The topological polar surface area (TPSA) is 74.2 Å². The van der Waals surface area contributed by atoms with Crippen LogP contribution < -0.4 is 10.6 Å². The summed E-state index contributed by atoms with van der Waals surface area (Å²) in [6.07, 6.45) is 4.57. The first-order valence-electron chi connectivity index (χ1n) is 10.6. The standard InChI is InChI=1S/C27H25N3O2/c31-26-13-12-24(22-6-2-1-3-7-22)17-25(26)30-27(32)23-10-8-21(9-11-23)19-29-16-14-20-5-4-15-28-18-20/h1-13,15,17-18,29,31H,14,16,19H2,(H,30,32). The van der Waals surface area contributed by atoms with Gasteiger partial charge >= 0.3 is 0 Å². The van der Waals surface area contributed by atoms with Crippen LogP contribution in [0.3, 0.4) is 0 Å². The highest BCUT2D eigenvalue weighted by atomic mass is 16.3. The fourth-order valence-electron chi connectivity index (χ4n) is 3.43. The summed E-state index contributed by atoms with van der Waals surface area (Å²) in [5.74, 6) is -0.228. The Labute approximate surface area is 187 Å². The van der Waals surface area contributed by atoms with Crippen LogP contribution >= 0.6 is 0 Å². The summed E-state index contributed by atoms with van der Waals surface area (Å²) in [6, 6.07) is 26.5. The van der Waals surface area contributed by atoms with Gasteiger partial charge in [-0.05, 0) is 65.6 Å². The Morgan fingerprint density at radius 2 is 1.66 bits per heavy atom. The summed E-state index contributed by atoms with van der Waals surface area (Å²) in [6.45, 7) is 1.58. The molecule has 0 aliphatic rings. The van der Waals surface area contributed by atoms with Gasteiger partial charge in [0.25, 0.3) is 5.91 Å². The number of aromatic hydroxyl groups is 1. The summed E-state index contributed by atoms with van der Waals surface area (Å²) >= 11 is 0. The minimum Gasteiger partial charge on any atom is -0.506 e. The van der Waals surface area contributed by atoms with Gasteiger partial charge in [0.2, 0.25) is 0 Å². The maximum atomic E-state index is 12.7. The lowest BCUT2D eigenvalue weighted by atomic mass is 10.0. The SMILES string of the molecule is O=C(Nc1cc(-c2ccccc2)ccc1O)c1ccc(CNCCc2cccnc2)cc1. The number of rotatable bonds is 8. The van der Waals surface area contributed by atoms with Gasteiger partial charge in [0.05, 0.1) is 5.69 Å². The molecule has 32 heavy (non-hydrogen) atoms. The quantitative estimate of drug-likeness (QED) is 0.274. The van der Waals surface area contributed by atoms with E-state index in [1.54, 1.807) is 30.5 Å². The summed E-state index contributed by atoms with van der Waals surface area (Å²) < 4.78 is 0. The zero-order valence-corrected chi connectivity index (χ0v) is 17.7. The summed E-state index contributed by atoms with van der Waals surface area (Å²) in [4.78, 5) is 16.8. The molecule has 3 N–H and O–H groups in total. The number of nitrogens with one attached hydrogen (secondary N) is 2. The molecule has 5 nitrogen and oxygen atoms in total. The van der Waals surface area contributed by atoms with Gasteiger partial charge < -0.3 is 15.7 Å². The van der Waals surface area contributed by atoms with E-state index in [4.69, 9.17) is 0 Å². The van der Waals surface area contributed by atoms with Crippen molar-refractivity contribution in [2.24, 2.45) is 0 Å². The number of hydrogen-bond acceptors (Lipinski definition) is 4. The number of phenols is 1. The van der Waals surface area contributed by atoms with Crippen molar-refractivity contribution in [1.82, 2.24) is 10.3 Å². The predicted molar refractivity (Wildman–Crippen MR) is 128 cm³/mol. The van der Waals surface area contributed by atoms with Crippen molar-refractivity contribution in [3.8, 4) is 16.9 Å². The minimum atomic E-state index is -0.262. The zero-order chi connectivity index (χ0) is 22.2. The largest absolute Gasteiger partial charge is 0.506 e. The van der Waals surface area contributed by atoms with Crippen LogP contribution in [0.25, 0.3) is 11.1 Å². The molecule has 0 saturated carbocycles. The number of pyridine rings is 1. The molecule has 0 spiro atoms. The Bertz CT molecular complexity index is 1160. The van der Waals surface area contributed by atoms with E-state index in [9.17, 15) is 9.90 Å². The molecule has 4 aromatic rings. The first kappa shape index (κ1) is 21.3. The van der Waals surface area contributed by atoms with Crippen LogP contribution in [0, 0.1) is 0 Å². The van der Waals surface area contributed by atoms with Gasteiger partial charge in [-0.2, -0.15) is 0 Å². The number of hydrogen-bond donors (Lipinski definition) is 3. The van der Waals surface area contributed by atoms with E-state index in [2.05, 4.69) is 21.7 Å². The van der Waals surface area contributed by atoms with E-state index in [1.807, 2.05) is 60.8 Å². The van der Waals surface area contributed by atoms with Crippen molar-refractivity contribution < 1.29 is 9.90 Å². The lowest BCUT2D eigenvalue weighted by Gasteiger charge is -2.11. The Morgan fingerprint density at radius 1 is 0.844 bits per heavy atom. The molecule has 0 radical (unpaired) electrons. The highest BCUT2D eigenvalue weighted by molar-refractivity contribution is 6.05. The Balaban J connectivity index is 1.34. The Morgan fingerprint density at radius 3 is 2.41 bits per heavy atom. The second kappa shape index (κ2) is 10.4. The molecule has 0 aliphatic carbocycles. The van der Waals surface area contributed by atoms with Crippen LogP contribution in [0.4, 0.5) is 5.69 Å². The fourth-order valence-corrected chi connectivity index (χ4v) is 3.43. The summed E-state index contributed by atoms with van der Waals surface area (Å²) in [7, 11) is 0. The van der Waals surface area contributed by atoms with Gasteiger partial charge in [0.15, 0.2) is 0 Å². The van der Waals surface area contributed by atoms with Crippen molar-refractivity contribution in [3.05, 3.63) is 114 Å². The molecular weight excluding hydrogens is 398 g/mol. The molecule has 0 aliphatic heterocycles. The van der Waals surface area contributed by atoms with E-state index in [0.29, 0.717) is 11.3 Å². The molecule has 0 unspecified atom stereocenters. The Hall–Kier alpha value is -3.96. The Kier molecular flexibility index (Phi) is 6.90. The first-order chi connectivity index (χ1) is 15.7. The molecular formula is C27H25N3O2. The number of benzene rings is 3. The maximum absolute atomic E-state index is 12.7. The molecule has 0 saturated heterocycles. The minimum absolute atomic E-state index is 0.0347. The number of aromatic nitrogens is 1. The van der Waals surface area contributed by atoms with Crippen LogP contribution in [0.1, 0.15) is 21.5 Å². The van der Waals surface area contributed by atoms with Crippen LogP contribution in [0.5, 0.6) is 5.75 Å². The van der Waals surface area contributed by atoms with E-state index >= 15 is 0 Å². The van der Waals surface area contributed by atoms with Crippen molar-refractivity contribution >= 4 is 11.6 Å². The number of amides is 1. The normalized spacial score (nSPS) is 10.6. The van der Waals surface area contributed by atoms with Crippen molar-refractivity contribution in [1.29, 1.82) is 0 Å². The third-order valence-corrected chi connectivity index (χ3v) is 5.21. The van der Waals surface area contributed by atoms with Crippen molar-refractivity contribution in [3.63, 3.8) is 0 Å². The lowest BCUT2D eigenvalue weighted by Crippen LogP contribution is -2.17. The van der Waals surface area contributed by atoms with Crippen molar-refractivity contribution in [2.75, 3.05) is 11.9 Å². The molecule has 3 aromatic carbocycles. The number of nitrogens with zero attached hydrogens (tertiary/aromatic N) is 1. The van der Waals surface area contributed by atoms with Crippen molar-refractivity contribution in [2.45, 2.75) is 13.0 Å². The highest BCUT2D eigenvalue weighted by Crippen LogP contribution is 2.30. The number of anilines is 1. The predicted octanol–water partition coefficient (Wildman–Crippen LogP) is 5.04. The third kappa shape index (κ3) is 5.59. The van der Waals surface area contributed by atoms with E-state index in [-0.39, 0.29) is 11.7 Å². The van der Waals surface area contributed by atoms with Crippen LogP contribution in [-0.4, -0.2) is 22.5 Å². The highest BCUT2D eigenvalue weighted by Gasteiger charge is 2.10. The molecule has 1 amide bonds. The number of carbonyl (C=O) groups excluding carboxylic acids is 1. The molecule has 1 aromatic heterocycles. The second-order valence-corrected chi connectivity index (χ2v) is 7.54. The molecule has 160 valence electrons. The number of carbonyl (C=O) groups is 1.